The number of esters is 1. The van der Waals surface area contributed by atoms with E-state index in [-0.39, 0.29) is 29.1 Å². The number of rotatable bonds is 5. The molecule has 166 valence electrons. The molecule has 7 heteroatoms. The maximum atomic E-state index is 14.2. The summed E-state index contributed by atoms with van der Waals surface area (Å²) in [4.78, 5) is 29.7. The third-order valence-corrected chi connectivity index (χ3v) is 6.38. The standard InChI is InChI=1S/C24H28ClFN2O3/c1-13-5-8-17(9-6-13)28-24(30)23-14(2)22(16-7-10-19(25)20(26)11-16)18(15(3)27-23)12-21(29)31-4/h7,10-11,13,17H,5-6,8-9,12H2,1-4H3,(H,28,30). The molecule has 1 aromatic carbocycles. The quantitative estimate of drug-likeness (QED) is 0.642. The number of carbonyl (C=O) groups is 2. The summed E-state index contributed by atoms with van der Waals surface area (Å²) in [6, 6.07) is 4.58. The fraction of sp³-hybridized carbons (Fsp3) is 0.458. The Morgan fingerprint density at radius 2 is 1.90 bits per heavy atom. The second-order valence-corrected chi connectivity index (χ2v) is 8.74. The molecule has 5 nitrogen and oxygen atoms in total. The van der Waals surface area contributed by atoms with Gasteiger partial charge >= 0.3 is 5.97 Å². The number of amides is 1. The number of aryl methyl sites for hydroxylation is 1. The molecular formula is C24H28ClFN2O3. The van der Waals surface area contributed by atoms with Crippen molar-refractivity contribution in [1.82, 2.24) is 10.3 Å². The Kier molecular flexibility index (Phi) is 7.31. The van der Waals surface area contributed by atoms with Gasteiger partial charge in [-0.15, -0.1) is 0 Å². The number of nitrogens with one attached hydrogen (secondary N) is 1. The van der Waals surface area contributed by atoms with Crippen LogP contribution in [0.5, 0.6) is 0 Å². The van der Waals surface area contributed by atoms with E-state index >= 15 is 0 Å². The van der Waals surface area contributed by atoms with Gasteiger partial charge in [-0.1, -0.05) is 24.6 Å². The lowest BCUT2D eigenvalue weighted by Crippen LogP contribution is -2.38. The van der Waals surface area contributed by atoms with E-state index in [0.29, 0.717) is 33.9 Å². The highest BCUT2D eigenvalue weighted by molar-refractivity contribution is 6.30. The van der Waals surface area contributed by atoms with E-state index in [1.165, 1.54) is 19.2 Å². The Labute approximate surface area is 187 Å². The molecule has 0 unspecified atom stereocenters. The first-order valence-electron chi connectivity index (χ1n) is 10.5. The van der Waals surface area contributed by atoms with Crippen LogP contribution in [-0.4, -0.2) is 30.0 Å². The van der Waals surface area contributed by atoms with Crippen molar-refractivity contribution >= 4 is 23.5 Å². The molecule has 1 fully saturated rings. The van der Waals surface area contributed by atoms with Crippen molar-refractivity contribution in [2.24, 2.45) is 5.92 Å². The highest BCUT2D eigenvalue weighted by Gasteiger charge is 2.25. The van der Waals surface area contributed by atoms with Crippen molar-refractivity contribution < 1.29 is 18.7 Å². The fourth-order valence-electron chi connectivity index (χ4n) is 4.20. The molecule has 0 aliphatic heterocycles. The minimum Gasteiger partial charge on any atom is -0.469 e. The van der Waals surface area contributed by atoms with Gasteiger partial charge in [-0.25, -0.2) is 9.37 Å². The zero-order valence-electron chi connectivity index (χ0n) is 18.4. The molecule has 3 rings (SSSR count). The van der Waals surface area contributed by atoms with Crippen LogP contribution in [0.1, 0.15) is 59.9 Å². The number of hydrogen-bond donors (Lipinski definition) is 1. The molecule has 0 spiro atoms. The Morgan fingerprint density at radius 1 is 1.23 bits per heavy atom. The summed E-state index contributed by atoms with van der Waals surface area (Å²) in [5.41, 5.74) is 3.15. The minimum atomic E-state index is -0.570. The summed E-state index contributed by atoms with van der Waals surface area (Å²) in [5.74, 6) is -0.576. The molecule has 0 bridgehead atoms. The largest absolute Gasteiger partial charge is 0.469 e. The molecule has 1 heterocycles. The summed E-state index contributed by atoms with van der Waals surface area (Å²) in [6.07, 6.45) is 4.03. The van der Waals surface area contributed by atoms with Gasteiger partial charge in [0.05, 0.1) is 18.6 Å². The molecule has 1 aromatic heterocycles. The molecule has 2 aromatic rings. The maximum absolute atomic E-state index is 14.2. The van der Waals surface area contributed by atoms with Crippen LogP contribution < -0.4 is 5.32 Å². The van der Waals surface area contributed by atoms with Gasteiger partial charge in [0, 0.05) is 11.7 Å². The average Bonchev–Trinajstić information content (AvgIpc) is 2.74. The van der Waals surface area contributed by atoms with E-state index in [9.17, 15) is 14.0 Å². The molecule has 31 heavy (non-hydrogen) atoms. The number of nitrogens with zero attached hydrogens (tertiary/aromatic N) is 1. The molecule has 1 aliphatic carbocycles. The number of hydrogen-bond acceptors (Lipinski definition) is 4. The minimum absolute atomic E-state index is 0.00573. The second-order valence-electron chi connectivity index (χ2n) is 8.34. The first-order chi connectivity index (χ1) is 14.7. The topological polar surface area (TPSA) is 68.3 Å². The smallest absolute Gasteiger partial charge is 0.310 e. The number of methoxy groups -OCH3 is 1. The van der Waals surface area contributed by atoms with E-state index in [1.54, 1.807) is 19.9 Å². The number of aromatic nitrogens is 1. The second kappa shape index (κ2) is 9.77. The van der Waals surface area contributed by atoms with E-state index in [2.05, 4.69) is 17.2 Å². The van der Waals surface area contributed by atoms with Crippen molar-refractivity contribution in [3.05, 3.63) is 51.6 Å². The van der Waals surface area contributed by atoms with Gasteiger partial charge in [-0.05, 0) is 79.8 Å². The van der Waals surface area contributed by atoms with Crippen molar-refractivity contribution in [3.8, 4) is 11.1 Å². The predicted molar refractivity (Wildman–Crippen MR) is 119 cm³/mol. The van der Waals surface area contributed by atoms with Crippen LogP contribution in [0, 0.1) is 25.6 Å². The van der Waals surface area contributed by atoms with Gasteiger partial charge in [-0.2, -0.15) is 0 Å². The van der Waals surface area contributed by atoms with Crippen molar-refractivity contribution in [2.75, 3.05) is 7.11 Å². The molecule has 0 atom stereocenters. The summed E-state index contributed by atoms with van der Waals surface area (Å²) in [6.45, 7) is 5.74. The molecule has 1 N–H and O–H groups in total. The Balaban J connectivity index is 2.05. The Bertz CT molecular complexity index is 1000. The van der Waals surface area contributed by atoms with Crippen LogP contribution in [0.25, 0.3) is 11.1 Å². The first kappa shape index (κ1) is 23.2. The lowest BCUT2D eigenvalue weighted by atomic mass is 9.87. The average molecular weight is 447 g/mol. The Morgan fingerprint density at radius 3 is 2.52 bits per heavy atom. The van der Waals surface area contributed by atoms with Crippen molar-refractivity contribution in [1.29, 1.82) is 0 Å². The van der Waals surface area contributed by atoms with Gasteiger partial charge in [0.1, 0.15) is 11.5 Å². The molecule has 1 saturated carbocycles. The molecular weight excluding hydrogens is 419 g/mol. The van der Waals surface area contributed by atoms with Crippen molar-refractivity contribution in [2.45, 2.75) is 58.9 Å². The monoisotopic (exact) mass is 446 g/mol. The first-order valence-corrected chi connectivity index (χ1v) is 10.9. The van der Waals surface area contributed by atoms with E-state index in [4.69, 9.17) is 16.3 Å². The maximum Gasteiger partial charge on any atom is 0.310 e. The predicted octanol–water partition coefficient (Wildman–Crippen LogP) is 5.18. The Hall–Kier alpha value is -2.47. The van der Waals surface area contributed by atoms with Gasteiger partial charge in [0.2, 0.25) is 0 Å². The van der Waals surface area contributed by atoms with E-state index in [0.717, 1.165) is 25.7 Å². The van der Waals surface area contributed by atoms with Crippen LogP contribution in [0.3, 0.4) is 0 Å². The lowest BCUT2D eigenvalue weighted by molar-refractivity contribution is -0.139. The third kappa shape index (κ3) is 5.24. The van der Waals surface area contributed by atoms with Gasteiger partial charge < -0.3 is 10.1 Å². The highest BCUT2D eigenvalue weighted by atomic mass is 35.5. The number of halogens is 2. The summed E-state index contributed by atoms with van der Waals surface area (Å²) in [5, 5.41) is 3.11. The van der Waals surface area contributed by atoms with Crippen LogP contribution in [0.15, 0.2) is 18.2 Å². The third-order valence-electron chi connectivity index (χ3n) is 6.07. The van der Waals surface area contributed by atoms with Crippen LogP contribution in [0.2, 0.25) is 5.02 Å². The summed E-state index contributed by atoms with van der Waals surface area (Å²) < 4.78 is 19.1. The number of pyridine rings is 1. The normalized spacial score (nSPS) is 18.5. The van der Waals surface area contributed by atoms with Gasteiger partial charge in [0.15, 0.2) is 0 Å². The fourth-order valence-corrected chi connectivity index (χ4v) is 4.32. The molecule has 0 saturated heterocycles. The molecule has 1 amide bonds. The van der Waals surface area contributed by atoms with Crippen LogP contribution >= 0.6 is 11.6 Å². The summed E-state index contributed by atoms with van der Waals surface area (Å²) >= 11 is 5.86. The summed E-state index contributed by atoms with van der Waals surface area (Å²) in [7, 11) is 1.31. The van der Waals surface area contributed by atoms with E-state index in [1.807, 2.05) is 0 Å². The molecule has 0 radical (unpaired) electrons. The zero-order chi connectivity index (χ0) is 22.7. The number of ether oxygens (including phenoxy) is 1. The van der Waals surface area contributed by atoms with Crippen LogP contribution in [-0.2, 0) is 16.0 Å². The molecule has 1 aliphatic rings. The zero-order valence-corrected chi connectivity index (χ0v) is 19.1. The van der Waals surface area contributed by atoms with Gasteiger partial charge in [0.25, 0.3) is 5.91 Å². The SMILES string of the molecule is COC(=O)Cc1c(C)nc(C(=O)NC2CCC(C)CC2)c(C)c1-c1ccc(Cl)c(F)c1. The number of benzene rings is 1. The lowest BCUT2D eigenvalue weighted by Gasteiger charge is -2.27. The highest BCUT2D eigenvalue weighted by Crippen LogP contribution is 2.33. The van der Waals surface area contributed by atoms with Crippen LogP contribution in [0.4, 0.5) is 4.39 Å². The van der Waals surface area contributed by atoms with Crippen molar-refractivity contribution in [3.63, 3.8) is 0 Å². The number of carbonyl (C=O) groups excluding carboxylic acids is 2. The van der Waals surface area contributed by atoms with Gasteiger partial charge in [-0.3, -0.25) is 9.59 Å². The van der Waals surface area contributed by atoms with E-state index < -0.39 is 11.8 Å².